The van der Waals surface area contributed by atoms with E-state index in [9.17, 15) is 9.59 Å². The van der Waals surface area contributed by atoms with Crippen molar-refractivity contribution in [1.29, 1.82) is 0 Å². The first-order valence-electron chi connectivity index (χ1n) is 10.8. The zero-order valence-corrected chi connectivity index (χ0v) is 17.4. The van der Waals surface area contributed by atoms with Gasteiger partial charge in [0.2, 0.25) is 0 Å². The molecule has 0 aromatic heterocycles. The third-order valence-electron chi connectivity index (χ3n) is 6.07. The number of aryl methyl sites for hydroxylation is 1. The quantitative estimate of drug-likeness (QED) is 0.576. The van der Waals surface area contributed by atoms with Gasteiger partial charge in [-0.15, -0.1) is 0 Å². The van der Waals surface area contributed by atoms with Gasteiger partial charge in [-0.05, 0) is 54.2 Å². The maximum absolute atomic E-state index is 13.1. The zero-order valence-electron chi connectivity index (χ0n) is 17.4. The van der Waals surface area contributed by atoms with Crippen molar-refractivity contribution in [1.82, 2.24) is 5.32 Å². The maximum atomic E-state index is 13.1. The van der Waals surface area contributed by atoms with Crippen LogP contribution in [0.15, 0.2) is 60.7 Å². The molecule has 0 heterocycles. The second-order valence-corrected chi connectivity index (χ2v) is 8.19. The van der Waals surface area contributed by atoms with Crippen molar-refractivity contribution in [3.05, 3.63) is 77.4 Å². The number of fused-ring (bicyclic) bond motifs is 1. The van der Waals surface area contributed by atoms with Gasteiger partial charge in [-0.25, -0.2) is 0 Å². The van der Waals surface area contributed by atoms with Crippen LogP contribution < -0.4 is 10.6 Å². The first-order valence-corrected chi connectivity index (χ1v) is 10.8. The van der Waals surface area contributed by atoms with E-state index in [1.807, 2.05) is 61.5 Å². The zero-order chi connectivity index (χ0) is 20.9. The Morgan fingerprint density at radius 1 is 0.833 bits per heavy atom. The summed E-state index contributed by atoms with van der Waals surface area (Å²) in [6, 6.07) is 19.1. The number of carbonyl (C=O) groups is 2. The van der Waals surface area contributed by atoms with E-state index in [2.05, 4.69) is 10.6 Å². The minimum Gasteiger partial charge on any atom is -0.352 e. The van der Waals surface area contributed by atoms with Crippen molar-refractivity contribution in [3.63, 3.8) is 0 Å². The fourth-order valence-corrected chi connectivity index (χ4v) is 4.35. The summed E-state index contributed by atoms with van der Waals surface area (Å²) in [5, 5.41) is 8.01. The predicted octanol–water partition coefficient (Wildman–Crippen LogP) is 5.71. The van der Waals surface area contributed by atoms with Crippen LogP contribution in [0.2, 0.25) is 0 Å². The predicted molar refractivity (Wildman–Crippen MR) is 122 cm³/mol. The van der Waals surface area contributed by atoms with Crippen molar-refractivity contribution in [2.75, 3.05) is 11.9 Å². The molecule has 0 saturated heterocycles. The standard InChI is InChI=1S/C26H28N2O2/c1-18-9-7-16-23(25(29)27-17-19-10-3-2-4-11-19)24(18)28-26(30)22-15-8-13-20-12-5-6-14-21(20)22/h5-9,12-16,19H,2-4,10-11,17H2,1H3,(H,27,29)(H,28,30). The number of hydrogen-bond donors (Lipinski definition) is 2. The highest BCUT2D eigenvalue weighted by atomic mass is 16.2. The lowest BCUT2D eigenvalue weighted by molar-refractivity contribution is 0.0944. The second kappa shape index (κ2) is 9.12. The number of anilines is 1. The third-order valence-corrected chi connectivity index (χ3v) is 6.07. The van der Waals surface area contributed by atoms with Gasteiger partial charge in [0.15, 0.2) is 0 Å². The summed E-state index contributed by atoms with van der Waals surface area (Å²) >= 11 is 0. The average Bonchev–Trinajstić information content (AvgIpc) is 2.79. The van der Waals surface area contributed by atoms with Crippen LogP contribution in [0, 0.1) is 12.8 Å². The highest BCUT2D eigenvalue weighted by Crippen LogP contribution is 2.25. The molecule has 1 aliphatic rings. The molecule has 1 aliphatic carbocycles. The molecule has 0 aliphatic heterocycles. The second-order valence-electron chi connectivity index (χ2n) is 8.19. The van der Waals surface area contributed by atoms with E-state index >= 15 is 0 Å². The van der Waals surface area contributed by atoms with Gasteiger partial charge in [0.05, 0.1) is 11.3 Å². The van der Waals surface area contributed by atoms with Crippen LogP contribution >= 0.6 is 0 Å². The molecular formula is C26H28N2O2. The Labute approximate surface area is 177 Å². The van der Waals surface area contributed by atoms with E-state index in [1.54, 1.807) is 6.07 Å². The van der Waals surface area contributed by atoms with E-state index in [0.29, 0.717) is 29.3 Å². The number of amides is 2. The molecular weight excluding hydrogens is 372 g/mol. The van der Waals surface area contributed by atoms with E-state index in [4.69, 9.17) is 0 Å². The number of nitrogens with one attached hydrogen (secondary N) is 2. The van der Waals surface area contributed by atoms with Gasteiger partial charge in [-0.1, -0.05) is 67.8 Å². The first-order chi connectivity index (χ1) is 14.6. The molecule has 0 atom stereocenters. The molecule has 3 aromatic carbocycles. The smallest absolute Gasteiger partial charge is 0.256 e. The molecule has 0 unspecified atom stereocenters. The summed E-state index contributed by atoms with van der Waals surface area (Å²) in [7, 11) is 0. The van der Waals surface area contributed by atoms with Gasteiger partial charge in [0, 0.05) is 12.1 Å². The SMILES string of the molecule is Cc1cccc(C(=O)NCC2CCCCC2)c1NC(=O)c1cccc2ccccc12. The molecule has 154 valence electrons. The summed E-state index contributed by atoms with van der Waals surface area (Å²) < 4.78 is 0. The van der Waals surface area contributed by atoms with Gasteiger partial charge in [0.25, 0.3) is 11.8 Å². The normalized spacial score (nSPS) is 14.4. The van der Waals surface area contributed by atoms with Crippen LogP contribution in [0.4, 0.5) is 5.69 Å². The van der Waals surface area contributed by atoms with Crippen LogP contribution in [-0.4, -0.2) is 18.4 Å². The number of benzene rings is 3. The lowest BCUT2D eigenvalue weighted by atomic mass is 9.89. The largest absolute Gasteiger partial charge is 0.352 e. The van der Waals surface area contributed by atoms with E-state index < -0.39 is 0 Å². The number of para-hydroxylation sites is 1. The number of rotatable bonds is 5. The van der Waals surface area contributed by atoms with Crippen molar-refractivity contribution in [2.24, 2.45) is 5.92 Å². The van der Waals surface area contributed by atoms with Gasteiger partial charge < -0.3 is 10.6 Å². The lowest BCUT2D eigenvalue weighted by Gasteiger charge is -2.22. The van der Waals surface area contributed by atoms with Crippen LogP contribution in [0.3, 0.4) is 0 Å². The Hall–Kier alpha value is -3.14. The maximum Gasteiger partial charge on any atom is 0.256 e. The molecule has 2 amide bonds. The van der Waals surface area contributed by atoms with Crippen LogP contribution in [-0.2, 0) is 0 Å². The Morgan fingerprint density at radius 3 is 2.37 bits per heavy atom. The van der Waals surface area contributed by atoms with Crippen molar-refractivity contribution >= 4 is 28.3 Å². The molecule has 0 radical (unpaired) electrons. The van der Waals surface area contributed by atoms with E-state index in [-0.39, 0.29) is 11.8 Å². The van der Waals surface area contributed by atoms with Gasteiger partial charge in [0.1, 0.15) is 0 Å². The van der Waals surface area contributed by atoms with Gasteiger partial charge in [-0.3, -0.25) is 9.59 Å². The van der Waals surface area contributed by atoms with Crippen molar-refractivity contribution in [2.45, 2.75) is 39.0 Å². The Bertz CT molecular complexity index is 1060. The van der Waals surface area contributed by atoms with Crippen LogP contribution in [0.25, 0.3) is 10.8 Å². The fraction of sp³-hybridized carbons (Fsp3) is 0.308. The minimum absolute atomic E-state index is 0.127. The molecule has 2 N–H and O–H groups in total. The fourth-order valence-electron chi connectivity index (χ4n) is 4.35. The highest BCUT2D eigenvalue weighted by Gasteiger charge is 2.19. The summed E-state index contributed by atoms with van der Waals surface area (Å²) in [5.74, 6) is 0.223. The van der Waals surface area contributed by atoms with E-state index in [0.717, 1.165) is 16.3 Å². The molecule has 1 fully saturated rings. The number of hydrogen-bond acceptors (Lipinski definition) is 2. The molecule has 4 rings (SSSR count). The molecule has 30 heavy (non-hydrogen) atoms. The lowest BCUT2D eigenvalue weighted by Crippen LogP contribution is -2.31. The van der Waals surface area contributed by atoms with Crippen molar-refractivity contribution in [3.8, 4) is 0 Å². The Kier molecular flexibility index (Phi) is 6.12. The molecule has 1 saturated carbocycles. The topological polar surface area (TPSA) is 58.2 Å². The highest BCUT2D eigenvalue weighted by molar-refractivity contribution is 6.15. The minimum atomic E-state index is -0.206. The molecule has 0 bridgehead atoms. The molecule has 4 nitrogen and oxygen atoms in total. The monoisotopic (exact) mass is 400 g/mol. The van der Waals surface area contributed by atoms with Crippen LogP contribution in [0.1, 0.15) is 58.4 Å². The molecule has 4 heteroatoms. The van der Waals surface area contributed by atoms with Gasteiger partial charge in [-0.2, -0.15) is 0 Å². The third kappa shape index (κ3) is 4.38. The van der Waals surface area contributed by atoms with Crippen molar-refractivity contribution < 1.29 is 9.59 Å². The first kappa shape index (κ1) is 20.1. The van der Waals surface area contributed by atoms with Gasteiger partial charge >= 0.3 is 0 Å². The average molecular weight is 401 g/mol. The van der Waals surface area contributed by atoms with E-state index in [1.165, 1.54) is 32.1 Å². The molecule has 3 aromatic rings. The summed E-state index contributed by atoms with van der Waals surface area (Å²) in [6.45, 7) is 2.61. The summed E-state index contributed by atoms with van der Waals surface area (Å²) in [5.41, 5.74) is 2.56. The molecule has 0 spiro atoms. The van der Waals surface area contributed by atoms with Crippen LogP contribution in [0.5, 0.6) is 0 Å². The summed E-state index contributed by atoms with van der Waals surface area (Å²) in [6.07, 6.45) is 6.15. The Morgan fingerprint density at radius 2 is 1.53 bits per heavy atom. The number of carbonyl (C=O) groups excluding carboxylic acids is 2. The summed E-state index contributed by atoms with van der Waals surface area (Å²) in [4.78, 5) is 26.0. The Balaban J connectivity index is 1.55.